The van der Waals surface area contributed by atoms with Crippen LogP contribution in [0.3, 0.4) is 0 Å². The molecule has 278 valence electrons. The maximum Gasteiger partial charge on any atom is 0.338 e. The summed E-state index contributed by atoms with van der Waals surface area (Å²) in [5, 5.41) is 6.75. The molecule has 3 aromatic carbocycles. The van der Waals surface area contributed by atoms with Gasteiger partial charge >= 0.3 is 5.97 Å². The normalized spacial score (nSPS) is 13.9. The van der Waals surface area contributed by atoms with E-state index in [4.69, 9.17) is 22.1 Å². The summed E-state index contributed by atoms with van der Waals surface area (Å²) in [7, 11) is -4.02. The maximum atomic E-state index is 13.4. The van der Waals surface area contributed by atoms with Crippen LogP contribution in [0, 0.1) is 18.6 Å². The van der Waals surface area contributed by atoms with Crippen LogP contribution in [0.5, 0.6) is 0 Å². The molecule has 1 atom stereocenters. The Morgan fingerprint density at radius 2 is 1.77 bits per heavy atom. The number of nitrogens with two attached hydrogens (primary N) is 1. The molecule has 2 heterocycles. The zero-order valence-corrected chi connectivity index (χ0v) is 31.2. The lowest BCUT2D eigenvalue weighted by atomic mass is 9.98. The van der Waals surface area contributed by atoms with Crippen LogP contribution in [0.1, 0.15) is 99.3 Å². The fourth-order valence-electron chi connectivity index (χ4n) is 5.82. The summed E-state index contributed by atoms with van der Waals surface area (Å²) >= 11 is 6.10. The first-order chi connectivity index (χ1) is 24.9. The Balaban J connectivity index is 0.000000252. The summed E-state index contributed by atoms with van der Waals surface area (Å²) in [6.45, 7) is 8.69. The molecule has 53 heavy (non-hydrogen) atoms. The molecule has 0 bridgehead atoms. The van der Waals surface area contributed by atoms with Crippen molar-refractivity contribution < 1.29 is 36.3 Å². The molecule has 0 unspecified atom stereocenters. The van der Waals surface area contributed by atoms with Crippen LogP contribution in [0.25, 0.3) is 5.65 Å². The van der Waals surface area contributed by atoms with Crippen LogP contribution in [0.15, 0.2) is 71.8 Å². The van der Waals surface area contributed by atoms with Gasteiger partial charge in [-0.05, 0) is 98.7 Å². The van der Waals surface area contributed by atoms with Crippen molar-refractivity contribution >= 4 is 44.7 Å². The van der Waals surface area contributed by atoms with Crippen LogP contribution in [0.4, 0.5) is 8.78 Å². The standard InChI is InChI=1S/C23H17ClF2N4O4S.C15H21NO2/c1-13(31)20-9-19(23(32)27-10-14-6-7-17(25)18(26)8-14)29-22-21(11-28-30(20)22)35(33,34)12-15-4-2-3-5-16(15)24;1-9-10-7-8-13(16)12(10)6-5-11(9)14(17)18-15(2,3)4/h2-9,11H,10,12H2,1H3,(H,27,32);5-6,13H,7-8,16H2,1-4H3/t;13-/m.0/s1. The molecule has 0 aliphatic heterocycles. The molecule has 5 aromatic rings. The molecule has 1 aliphatic carbocycles. The summed E-state index contributed by atoms with van der Waals surface area (Å²) in [6.07, 6.45) is 2.98. The van der Waals surface area contributed by atoms with Crippen molar-refractivity contribution in [3.8, 4) is 0 Å². The van der Waals surface area contributed by atoms with E-state index in [1.165, 1.54) is 30.2 Å². The predicted molar refractivity (Wildman–Crippen MR) is 194 cm³/mol. The van der Waals surface area contributed by atoms with Crippen LogP contribution < -0.4 is 11.1 Å². The number of ether oxygens (including phenoxy) is 1. The van der Waals surface area contributed by atoms with Crippen LogP contribution in [-0.4, -0.2) is 46.3 Å². The van der Waals surface area contributed by atoms with E-state index in [0.29, 0.717) is 11.1 Å². The number of nitrogens with one attached hydrogen (secondary N) is 1. The zero-order chi connectivity index (χ0) is 38.8. The van der Waals surface area contributed by atoms with E-state index in [2.05, 4.69) is 15.4 Å². The number of halogens is 3. The number of rotatable bonds is 8. The van der Waals surface area contributed by atoms with E-state index in [9.17, 15) is 31.6 Å². The molecule has 11 nitrogen and oxygen atoms in total. The van der Waals surface area contributed by atoms with Crippen molar-refractivity contribution in [2.45, 2.75) is 76.3 Å². The van der Waals surface area contributed by atoms with Gasteiger partial charge in [0, 0.05) is 24.5 Å². The number of aromatic nitrogens is 3. The first-order valence-electron chi connectivity index (χ1n) is 16.6. The van der Waals surface area contributed by atoms with Crippen molar-refractivity contribution in [1.82, 2.24) is 19.9 Å². The first kappa shape index (κ1) is 39.2. The largest absolute Gasteiger partial charge is 0.456 e. The van der Waals surface area contributed by atoms with Crippen LogP contribution in [-0.2, 0) is 33.3 Å². The molecule has 6 rings (SSSR count). The molecular weight excluding hydrogens is 728 g/mol. The number of Topliss-reactive ketones (excluding diaryl/α,β-unsaturated/α-hetero) is 1. The number of hydrogen-bond donors (Lipinski definition) is 2. The lowest BCUT2D eigenvalue weighted by molar-refractivity contribution is 0.00683. The third-order valence-corrected chi connectivity index (χ3v) is 10.5. The van der Waals surface area contributed by atoms with Crippen molar-refractivity contribution in [2.24, 2.45) is 5.73 Å². The second-order valence-corrected chi connectivity index (χ2v) is 15.9. The van der Waals surface area contributed by atoms with Crippen molar-refractivity contribution in [1.29, 1.82) is 0 Å². The van der Waals surface area contributed by atoms with Gasteiger partial charge in [-0.15, -0.1) is 0 Å². The molecular formula is C38H38ClF2N5O6S. The number of fused-ring (bicyclic) bond motifs is 2. The molecule has 2 aromatic heterocycles. The number of sulfone groups is 1. The molecule has 0 saturated carbocycles. The highest BCUT2D eigenvalue weighted by Crippen LogP contribution is 2.33. The quantitative estimate of drug-likeness (QED) is 0.130. The average molecular weight is 766 g/mol. The highest BCUT2D eigenvalue weighted by molar-refractivity contribution is 7.90. The van der Waals surface area contributed by atoms with Gasteiger partial charge in [0.05, 0.1) is 17.5 Å². The Kier molecular flexibility index (Phi) is 11.5. The summed E-state index contributed by atoms with van der Waals surface area (Å²) in [6, 6.07) is 14.7. The summed E-state index contributed by atoms with van der Waals surface area (Å²) in [4.78, 5) is 40.9. The van der Waals surface area contributed by atoms with E-state index in [-0.39, 0.29) is 51.1 Å². The predicted octanol–water partition coefficient (Wildman–Crippen LogP) is 6.66. The summed E-state index contributed by atoms with van der Waals surface area (Å²) in [5.41, 5.74) is 9.80. The molecule has 0 spiro atoms. The third kappa shape index (κ3) is 8.95. The Hall–Kier alpha value is -5.05. The number of hydrogen-bond acceptors (Lipinski definition) is 9. The number of carbonyl (C=O) groups is 3. The van der Waals surface area contributed by atoms with Gasteiger partial charge in [-0.3, -0.25) is 9.59 Å². The zero-order valence-electron chi connectivity index (χ0n) is 29.7. The minimum absolute atomic E-state index is 0.0628. The average Bonchev–Trinajstić information content (AvgIpc) is 3.70. The molecule has 3 N–H and O–H groups in total. The number of amides is 1. The number of benzene rings is 3. The molecule has 0 saturated heterocycles. The van der Waals surface area contributed by atoms with Gasteiger partial charge in [-0.25, -0.2) is 31.5 Å². The molecule has 1 aliphatic rings. The lowest BCUT2D eigenvalue weighted by Gasteiger charge is -2.21. The monoisotopic (exact) mass is 765 g/mol. The van der Waals surface area contributed by atoms with Crippen LogP contribution >= 0.6 is 11.6 Å². The van der Waals surface area contributed by atoms with Gasteiger partial charge in [-0.2, -0.15) is 5.10 Å². The Labute approximate surface area is 310 Å². The van der Waals surface area contributed by atoms with Crippen molar-refractivity contribution in [3.05, 3.63) is 128 Å². The van der Waals surface area contributed by atoms with Gasteiger partial charge in [0.15, 0.2) is 32.9 Å². The Morgan fingerprint density at radius 1 is 1.06 bits per heavy atom. The maximum absolute atomic E-state index is 13.4. The topological polar surface area (TPSA) is 163 Å². The highest BCUT2D eigenvalue weighted by atomic mass is 35.5. The second-order valence-electron chi connectivity index (χ2n) is 13.6. The fourth-order valence-corrected chi connectivity index (χ4v) is 7.53. The number of esters is 1. The first-order valence-corrected chi connectivity index (χ1v) is 18.6. The second kappa shape index (κ2) is 15.5. The highest BCUT2D eigenvalue weighted by Gasteiger charge is 2.27. The van der Waals surface area contributed by atoms with Crippen LogP contribution in [0.2, 0.25) is 5.02 Å². The van der Waals surface area contributed by atoms with E-state index in [0.717, 1.165) is 41.3 Å². The minimum Gasteiger partial charge on any atom is -0.456 e. The van der Waals surface area contributed by atoms with E-state index < -0.39 is 44.5 Å². The molecule has 15 heteroatoms. The van der Waals surface area contributed by atoms with Gasteiger partial charge < -0.3 is 15.8 Å². The summed E-state index contributed by atoms with van der Waals surface area (Å²) in [5.74, 6) is -4.02. The lowest BCUT2D eigenvalue weighted by Crippen LogP contribution is -2.25. The number of carbonyl (C=O) groups excluding carboxylic acids is 3. The van der Waals surface area contributed by atoms with Crippen molar-refractivity contribution in [3.63, 3.8) is 0 Å². The Bertz CT molecular complexity index is 2360. The minimum atomic E-state index is -4.02. The smallest absolute Gasteiger partial charge is 0.338 e. The number of ketones is 1. The van der Waals surface area contributed by atoms with Gasteiger partial charge in [0.1, 0.15) is 21.9 Å². The van der Waals surface area contributed by atoms with Gasteiger partial charge in [0.25, 0.3) is 5.91 Å². The summed E-state index contributed by atoms with van der Waals surface area (Å²) < 4.78 is 59.3. The van der Waals surface area contributed by atoms with E-state index >= 15 is 0 Å². The number of nitrogens with zero attached hydrogens (tertiary/aromatic N) is 3. The van der Waals surface area contributed by atoms with E-state index in [1.54, 1.807) is 24.3 Å². The molecule has 0 fully saturated rings. The van der Waals surface area contributed by atoms with E-state index in [1.807, 2.05) is 39.8 Å². The Morgan fingerprint density at radius 3 is 2.43 bits per heavy atom. The van der Waals surface area contributed by atoms with Crippen molar-refractivity contribution in [2.75, 3.05) is 0 Å². The van der Waals surface area contributed by atoms with Gasteiger partial charge in [-0.1, -0.05) is 41.9 Å². The molecule has 0 radical (unpaired) electrons. The van der Waals surface area contributed by atoms with Gasteiger partial charge in [0.2, 0.25) is 0 Å². The SMILES string of the molecule is CC(=O)c1cc(C(=O)NCc2ccc(F)c(F)c2)nc2c(S(=O)(=O)Cc3ccccc3Cl)cnn12.Cc1c(C(=O)OC(C)(C)C)ccc2c1CC[C@@H]2N. The fraction of sp³-hybridized carbons (Fsp3) is 0.289. The molecule has 1 amide bonds. The third-order valence-electron chi connectivity index (χ3n) is 8.47.